The van der Waals surface area contributed by atoms with Gasteiger partial charge < -0.3 is 4.74 Å². The van der Waals surface area contributed by atoms with Gasteiger partial charge in [0.25, 0.3) is 0 Å². The monoisotopic (exact) mass is 378 g/mol. The van der Waals surface area contributed by atoms with E-state index in [-0.39, 0.29) is 18.4 Å². The van der Waals surface area contributed by atoms with E-state index in [0.717, 1.165) is 10.5 Å². The molecule has 1 heterocycles. The summed E-state index contributed by atoms with van der Waals surface area (Å²) >= 11 is 0. The van der Waals surface area contributed by atoms with Gasteiger partial charge in [0.2, 0.25) is 11.8 Å². The first kappa shape index (κ1) is 19.5. The fourth-order valence-corrected chi connectivity index (χ4v) is 3.09. The molecule has 3 rings (SSSR count). The Bertz CT molecular complexity index is 878. The third-order valence-electron chi connectivity index (χ3n) is 4.35. The van der Waals surface area contributed by atoms with Crippen LogP contribution in [0.2, 0.25) is 0 Å². The molecule has 2 aromatic rings. The molecular formula is C22H22N2O4. The first-order valence-electron chi connectivity index (χ1n) is 9.18. The molecule has 2 aromatic carbocycles. The molecule has 0 aromatic heterocycles. The topological polar surface area (TPSA) is 76.0 Å². The highest BCUT2D eigenvalue weighted by Crippen LogP contribution is 2.30. The highest BCUT2D eigenvalue weighted by atomic mass is 16.5. The molecule has 0 spiro atoms. The Labute approximate surface area is 163 Å². The average molecular weight is 378 g/mol. The second-order valence-electron chi connectivity index (χ2n) is 6.83. The maximum Gasteiger partial charge on any atom is 0.331 e. The van der Waals surface area contributed by atoms with Crippen LogP contribution in [-0.4, -0.2) is 36.1 Å². The zero-order chi connectivity index (χ0) is 20.1. The fraction of sp³-hybridized carbons (Fsp3) is 0.273. The summed E-state index contributed by atoms with van der Waals surface area (Å²) in [6, 6.07) is 16.9. The number of carbonyl (C=O) groups is 3. The third-order valence-corrected chi connectivity index (χ3v) is 4.35. The lowest BCUT2D eigenvalue weighted by molar-refractivity contribution is -0.151. The molecule has 2 atom stereocenters. The minimum atomic E-state index is -1.08. The molecule has 0 radical (unpaired) electrons. The van der Waals surface area contributed by atoms with E-state index in [1.165, 1.54) is 6.21 Å². The number of benzene rings is 2. The van der Waals surface area contributed by atoms with Gasteiger partial charge in [0.15, 0.2) is 6.04 Å². The number of rotatable bonds is 6. The molecule has 0 aliphatic carbocycles. The van der Waals surface area contributed by atoms with Crippen molar-refractivity contribution in [3.8, 4) is 0 Å². The van der Waals surface area contributed by atoms with Crippen molar-refractivity contribution in [3.63, 3.8) is 0 Å². The Kier molecular flexibility index (Phi) is 5.99. The van der Waals surface area contributed by atoms with Gasteiger partial charge in [-0.2, -0.15) is 0 Å². The number of carbonyl (C=O) groups excluding carboxylic acids is 3. The first-order chi connectivity index (χ1) is 13.5. The predicted molar refractivity (Wildman–Crippen MR) is 106 cm³/mol. The van der Waals surface area contributed by atoms with Gasteiger partial charge in [0.1, 0.15) is 0 Å². The van der Waals surface area contributed by atoms with Crippen molar-refractivity contribution < 1.29 is 19.1 Å². The predicted octanol–water partition coefficient (Wildman–Crippen LogP) is 3.01. The van der Waals surface area contributed by atoms with Gasteiger partial charge in [0.05, 0.1) is 17.7 Å². The van der Waals surface area contributed by atoms with Crippen molar-refractivity contribution in [2.24, 2.45) is 10.9 Å². The normalized spacial score (nSPS) is 18.1. The van der Waals surface area contributed by atoms with Crippen LogP contribution in [0.25, 0.3) is 0 Å². The highest BCUT2D eigenvalue weighted by Gasteiger charge is 2.46. The standard InChI is InChI=1S/C22H22N2O4/c1-15(2)28-22(27)20(23-14-16-9-5-3-6-10-16)18-13-19(25)24(21(18)26)17-11-7-4-8-12-17/h3-12,14-15,18,20H,13H2,1-2H3. The lowest BCUT2D eigenvalue weighted by Gasteiger charge is -2.19. The number of hydrogen-bond acceptors (Lipinski definition) is 5. The Morgan fingerprint density at radius 3 is 2.29 bits per heavy atom. The van der Waals surface area contributed by atoms with Crippen LogP contribution < -0.4 is 4.90 Å². The number of aliphatic imine (C=N–C) groups is 1. The largest absolute Gasteiger partial charge is 0.461 e. The van der Waals surface area contributed by atoms with E-state index in [2.05, 4.69) is 4.99 Å². The number of anilines is 1. The molecule has 2 amide bonds. The second-order valence-corrected chi connectivity index (χ2v) is 6.83. The highest BCUT2D eigenvalue weighted by molar-refractivity contribution is 6.22. The zero-order valence-corrected chi connectivity index (χ0v) is 15.8. The van der Waals surface area contributed by atoms with Crippen LogP contribution in [0, 0.1) is 5.92 Å². The first-order valence-corrected chi connectivity index (χ1v) is 9.18. The van der Waals surface area contributed by atoms with Gasteiger partial charge in [-0.3, -0.25) is 19.5 Å². The van der Waals surface area contributed by atoms with E-state index < -0.39 is 23.8 Å². The lowest BCUT2D eigenvalue weighted by Crippen LogP contribution is -2.38. The summed E-state index contributed by atoms with van der Waals surface area (Å²) in [6.07, 6.45) is 1.10. The van der Waals surface area contributed by atoms with Crippen LogP contribution in [0.15, 0.2) is 65.7 Å². The molecule has 1 aliphatic rings. The number of amides is 2. The van der Waals surface area contributed by atoms with Crippen LogP contribution in [0.5, 0.6) is 0 Å². The number of imide groups is 1. The van der Waals surface area contributed by atoms with Gasteiger partial charge in [-0.15, -0.1) is 0 Å². The number of esters is 1. The summed E-state index contributed by atoms with van der Waals surface area (Å²) in [5, 5.41) is 0. The van der Waals surface area contributed by atoms with Gasteiger partial charge in [-0.1, -0.05) is 48.5 Å². The van der Waals surface area contributed by atoms with E-state index in [4.69, 9.17) is 4.74 Å². The molecule has 144 valence electrons. The zero-order valence-electron chi connectivity index (χ0n) is 15.8. The van der Waals surface area contributed by atoms with E-state index in [1.807, 2.05) is 30.3 Å². The van der Waals surface area contributed by atoms with Crippen LogP contribution in [0.1, 0.15) is 25.8 Å². The molecule has 28 heavy (non-hydrogen) atoms. The molecular weight excluding hydrogens is 356 g/mol. The number of hydrogen-bond donors (Lipinski definition) is 0. The molecule has 0 bridgehead atoms. The molecule has 1 saturated heterocycles. The summed E-state index contributed by atoms with van der Waals surface area (Å²) in [5.41, 5.74) is 1.28. The molecule has 6 heteroatoms. The maximum atomic E-state index is 13.0. The smallest absolute Gasteiger partial charge is 0.331 e. The summed E-state index contributed by atoms with van der Waals surface area (Å²) in [4.78, 5) is 43.6. The SMILES string of the molecule is CC(C)OC(=O)C(N=Cc1ccccc1)C1CC(=O)N(c2ccccc2)C1=O. The van der Waals surface area contributed by atoms with Crippen LogP contribution >= 0.6 is 0 Å². The summed E-state index contributed by atoms with van der Waals surface area (Å²) in [7, 11) is 0. The third kappa shape index (κ3) is 4.34. The molecule has 0 saturated carbocycles. The van der Waals surface area contributed by atoms with Gasteiger partial charge >= 0.3 is 5.97 Å². The van der Waals surface area contributed by atoms with Crippen LogP contribution in [-0.2, 0) is 19.1 Å². The summed E-state index contributed by atoms with van der Waals surface area (Å²) in [6.45, 7) is 3.46. The lowest BCUT2D eigenvalue weighted by atomic mass is 9.98. The number of para-hydroxylation sites is 1. The van der Waals surface area contributed by atoms with Crippen molar-refractivity contribution in [1.82, 2.24) is 0 Å². The van der Waals surface area contributed by atoms with Crippen molar-refractivity contribution >= 4 is 29.7 Å². The molecule has 1 fully saturated rings. The summed E-state index contributed by atoms with van der Waals surface area (Å²) in [5.74, 6) is -2.28. The number of ether oxygens (including phenoxy) is 1. The van der Waals surface area contributed by atoms with Crippen LogP contribution in [0.3, 0.4) is 0 Å². The van der Waals surface area contributed by atoms with Crippen molar-refractivity contribution in [3.05, 3.63) is 66.2 Å². The van der Waals surface area contributed by atoms with E-state index in [1.54, 1.807) is 44.2 Å². The average Bonchev–Trinajstić information content (AvgIpc) is 2.97. The Hall–Kier alpha value is -3.28. The van der Waals surface area contributed by atoms with Crippen molar-refractivity contribution in [2.45, 2.75) is 32.4 Å². The molecule has 0 N–H and O–H groups in total. The molecule has 2 unspecified atom stereocenters. The Morgan fingerprint density at radius 1 is 1.07 bits per heavy atom. The van der Waals surface area contributed by atoms with Gasteiger partial charge in [0, 0.05) is 12.6 Å². The van der Waals surface area contributed by atoms with Gasteiger partial charge in [-0.25, -0.2) is 4.79 Å². The maximum absolute atomic E-state index is 13.0. The van der Waals surface area contributed by atoms with Crippen molar-refractivity contribution in [2.75, 3.05) is 4.90 Å². The van der Waals surface area contributed by atoms with E-state index >= 15 is 0 Å². The van der Waals surface area contributed by atoms with Crippen LogP contribution in [0.4, 0.5) is 5.69 Å². The molecule has 1 aliphatic heterocycles. The quantitative estimate of drug-likeness (QED) is 0.440. The Balaban J connectivity index is 1.89. The minimum absolute atomic E-state index is 0.0856. The van der Waals surface area contributed by atoms with Gasteiger partial charge in [-0.05, 0) is 31.5 Å². The molecule has 6 nitrogen and oxygen atoms in total. The Morgan fingerprint density at radius 2 is 1.68 bits per heavy atom. The minimum Gasteiger partial charge on any atom is -0.461 e. The van der Waals surface area contributed by atoms with E-state index in [9.17, 15) is 14.4 Å². The van der Waals surface area contributed by atoms with E-state index in [0.29, 0.717) is 5.69 Å². The number of nitrogens with zero attached hydrogens (tertiary/aromatic N) is 2. The van der Waals surface area contributed by atoms with Crippen molar-refractivity contribution in [1.29, 1.82) is 0 Å². The second kappa shape index (κ2) is 8.61. The summed E-state index contributed by atoms with van der Waals surface area (Å²) < 4.78 is 5.30. The fourth-order valence-electron chi connectivity index (χ4n) is 3.09.